The monoisotopic (exact) mass is 368 g/mol. The van der Waals surface area contributed by atoms with E-state index in [1.54, 1.807) is 12.4 Å². The molecule has 0 aliphatic rings. The van der Waals surface area contributed by atoms with Crippen LogP contribution in [0.2, 0.25) is 0 Å². The Morgan fingerprint density at radius 1 is 1.00 bits per heavy atom. The number of pyridine rings is 3. The molecule has 0 aliphatic carbocycles. The molecule has 0 radical (unpaired) electrons. The number of aromatic nitrogens is 3. The van der Waals surface area contributed by atoms with Gasteiger partial charge in [-0.3, -0.25) is 9.78 Å². The Kier molecular flexibility index (Phi) is 4.81. The normalized spacial score (nSPS) is 10.8. The zero-order valence-corrected chi connectivity index (χ0v) is 15.8. The topological polar surface area (TPSA) is 67.8 Å². The predicted octanol–water partition coefficient (Wildman–Crippen LogP) is 4.49. The van der Waals surface area contributed by atoms with Crippen molar-refractivity contribution in [2.45, 2.75) is 20.3 Å². The van der Waals surface area contributed by atoms with E-state index in [1.807, 2.05) is 68.4 Å². The first-order valence-corrected chi connectivity index (χ1v) is 9.13. The Morgan fingerprint density at radius 2 is 1.89 bits per heavy atom. The molecule has 4 rings (SSSR count). The summed E-state index contributed by atoms with van der Waals surface area (Å²) in [6.07, 6.45) is 3.76. The largest absolute Gasteiger partial charge is 0.310 e. The van der Waals surface area contributed by atoms with Crippen molar-refractivity contribution < 1.29 is 4.79 Å². The fraction of sp³-hybridized carbons (Fsp3) is 0.130. The second-order valence-electron chi connectivity index (χ2n) is 6.82. The van der Waals surface area contributed by atoms with Crippen molar-refractivity contribution in [1.82, 2.24) is 15.0 Å². The van der Waals surface area contributed by atoms with Gasteiger partial charge in [0.15, 0.2) is 0 Å². The van der Waals surface area contributed by atoms with Gasteiger partial charge in [0.25, 0.3) is 0 Å². The van der Waals surface area contributed by atoms with Gasteiger partial charge in [0, 0.05) is 29.0 Å². The van der Waals surface area contributed by atoms with Crippen LogP contribution in [-0.4, -0.2) is 20.9 Å². The van der Waals surface area contributed by atoms with E-state index in [9.17, 15) is 4.79 Å². The number of rotatable bonds is 4. The molecule has 0 spiro atoms. The van der Waals surface area contributed by atoms with Crippen LogP contribution in [0.5, 0.6) is 0 Å². The van der Waals surface area contributed by atoms with Gasteiger partial charge >= 0.3 is 0 Å². The second kappa shape index (κ2) is 7.56. The van der Waals surface area contributed by atoms with E-state index >= 15 is 0 Å². The summed E-state index contributed by atoms with van der Waals surface area (Å²) in [6, 6.07) is 17.6. The van der Waals surface area contributed by atoms with Crippen LogP contribution in [-0.2, 0) is 11.2 Å². The molecule has 4 aromatic rings. The molecule has 0 saturated carbocycles. The molecule has 0 saturated heterocycles. The molecule has 5 heteroatoms. The van der Waals surface area contributed by atoms with Crippen LogP contribution in [0.25, 0.3) is 22.2 Å². The SMILES string of the molecule is Cc1cc(C)nc(NC(=O)Cc2cccc3ccc(-c4cccnc4)nc23)c1. The van der Waals surface area contributed by atoms with Crippen LogP contribution in [0.4, 0.5) is 5.82 Å². The quantitative estimate of drug-likeness (QED) is 0.576. The lowest BCUT2D eigenvalue weighted by Crippen LogP contribution is -2.16. The van der Waals surface area contributed by atoms with Gasteiger partial charge in [-0.25, -0.2) is 9.97 Å². The Hall–Kier alpha value is -3.60. The molecule has 138 valence electrons. The van der Waals surface area contributed by atoms with E-state index in [2.05, 4.69) is 15.3 Å². The Balaban J connectivity index is 1.63. The van der Waals surface area contributed by atoms with Crippen LogP contribution < -0.4 is 5.32 Å². The van der Waals surface area contributed by atoms with Gasteiger partial charge in [-0.2, -0.15) is 0 Å². The average Bonchev–Trinajstić information content (AvgIpc) is 2.68. The molecular formula is C23H20N4O. The molecule has 1 aromatic carbocycles. The summed E-state index contributed by atoms with van der Waals surface area (Å²) in [5, 5.41) is 3.90. The predicted molar refractivity (Wildman–Crippen MR) is 111 cm³/mol. The molecule has 3 heterocycles. The number of benzene rings is 1. The van der Waals surface area contributed by atoms with Crippen LogP contribution in [0, 0.1) is 13.8 Å². The third-order valence-electron chi connectivity index (χ3n) is 4.48. The van der Waals surface area contributed by atoms with Gasteiger partial charge in [0.2, 0.25) is 5.91 Å². The molecule has 1 N–H and O–H groups in total. The van der Waals surface area contributed by atoms with Gasteiger partial charge < -0.3 is 5.32 Å². The number of nitrogens with one attached hydrogen (secondary N) is 1. The summed E-state index contributed by atoms with van der Waals surface area (Å²) in [5.74, 6) is 0.463. The van der Waals surface area contributed by atoms with Crippen LogP contribution in [0.15, 0.2) is 67.0 Å². The number of amides is 1. The Bertz CT molecular complexity index is 1140. The first kappa shape index (κ1) is 17.8. The van der Waals surface area contributed by atoms with Crippen molar-refractivity contribution in [3.63, 3.8) is 0 Å². The number of fused-ring (bicyclic) bond motifs is 1. The number of anilines is 1. The maximum Gasteiger partial charge on any atom is 0.230 e. The Labute approximate surface area is 163 Å². The zero-order valence-electron chi connectivity index (χ0n) is 15.8. The summed E-state index contributed by atoms with van der Waals surface area (Å²) in [6.45, 7) is 3.90. The van der Waals surface area contributed by atoms with E-state index < -0.39 is 0 Å². The van der Waals surface area contributed by atoms with E-state index in [0.29, 0.717) is 5.82 Å². The lowest BCUT2D eigenvalue weighted by Gasteiger charge is -2.09. The Morgan fingerprint density at radius 3 is 2.68 bits per heavy atom. The van der Waals surface area contributed by atoms with E-state index in [1.165, 1.54) is 0 Å². The summed E-state index contributed by atoms with van der Waals surface area (Å²) >= 11 is 0. The van der Waals surface area contributed by atoms with E-state index in [4.69, 9.17) is 4.98 Å². The summed E-state index contributed by atoms with van der Waals surface area (Å²) in [7, 11) is 0. The van der Waals surface area contributed by atoms with Gasteiger partial charge in [-0.05, 0) is 55.3 Å². The molecule has 0 fully saturated rings. The van der Waals surface area contributed by atoms with Gasteiger partial charge in [-0.1, -0.05) is 24.3 Å². The second-order valence-corrected chi connectivity index (χ2v) is 6.82. The first-order chi connectivity index (χ1) is 13.6. The standard InChI is InChI=1S/C23H20N4O/c1-15-11-16(2)25-21(12-15)27-22(28)13-18-6-3-5-17-8-9-20(26-23(17)18)19-7-4-10-24-14-19/h3-12,14H,13H2,1-2H3,(H,25,27,28). The minimum Gasteiger partial charge on any atom is -0.310 e. The molecule has 28 heavy (non-hydrogen) atoms. The molecule has 0 unspecified atom stereocenters. The molecule has 1 amide bonds. The molecule has 0 atom stereocenters. The van der Waals surface area contributed by atoms with Gasteiger partial charge in [-0.15, -0.1) is 0 Å². The molecular weight excluding hydrogens is 348 g/mol. The lowest BCUT2D eigenvalue weighted by atomic mass is 10.0. The van der Waals surface area contributed by atoms with Gasteiger partial charge in [0.1, 0.15) is 5.82 Å². The van der Waals surface area contributed by atoms with Crippen molar-refractivity contribution in [2.75, 3.05) is 5.32 Å². The molecule has 3 aromatic heterocycles. The maximum absolute atomic E-state index is 12.6. The third-order valence-corrected chi connectivity index (χ3v) is 4.48. The van der Waals surface area contributed by atoms with E-state index in [-0.39, 0.29) is 12.3 Å². The van der Waals surface area contributed by atoms with Crippen LogP contribution in [0.1, 0.15) is 16.8 Å². The molecule has 0 bridgehead atoms. The smallest absolute Gasteiger partial charge is 0.230 e. The number of hydrogen-bond donors (Lipinski definition) is 1. The summed E-state index contributed by atoms with van der Waals surface area (Å²) < 4.78 is 0. The number of hydrogen-bond acceptors (Lipinski definition) is 4. The van der Waals surface area contributed by atoms with Crippen LogP contribution in [0.3, 0.4) is 0 Å². The summed E-state index contributed by atoms with van der Waals surface area (Å²) in [5.41, 5.74) is 5.43. The zero-order chi connectivity index (χ0) is 19.5. The lowest BCUT2D eigenvalue weighted by molar-refractivity contribution is -0.115. The fourth-order valence-corrected chi connectivity index (χ4v) is 3.29. The van der Waals surface area contributed by atoms with Crippen molar-refractivity contribution >= 4 is 22.6 Å². The highest BCUT2D eigenvalue weighted by Crippen LogP contribution is 2.23. The van der Waals surface area contributed by atoms with Crippen molar-refractivity contribution in [1.29, 1.82) is 0 Å². The van der Waals surface area contributed by atoms with Gasteiger partial charge in [0.05, 0.1) is 17.6 Å². The highest BCUT2D eigenvalue weighted by molar-refractivity contribution is 5.95. The van der Waals surface area contributed by atoms with Crippen LogP contribution >= 0.6 is 0 Å². The summed E-state index contributed by atoms with van der Waals surface area (Å²) in [4.78, 5) is 26.0. The number of nitrogens with zero attached hydrogens (tertiary/aromatic N) is 3. The third kappa shape index (κ3) is 3.88. The highest BCUT2D eigenvalue weighted by Gasteiger charge is 2.11. The number of carbonyl (C=O) groups is 1. The molecule has 0 aliphatic heterocycles. The van der Waals surface area contributed by atoms with Crippen molar-refractivity contribution in [2.24, 2.45) is 0 Å². The molecule has 5 nitrogen and oxygen atoms in total. The number of para-hydroxylation sites is 1. The van der Waals surface area contributed by atoms with E-state index in [0.717, 1.165) is 39.0 Å². The average molecular weight is 368 g/mol. The first-order valence-electron chi connectivity index (χ1n) is 9.13. The fourth-order valence-electron chi connectivity index (χ4n) is 3.29. The minimum atomic E-state index is -0.112. The van der Waals surface area contributed by atoms with Crippen molar-refractivity contribution in [3.05, 3.63) is 83.8 Å². The highest BCUT2D eigenvalue weighted by atomic mass is 16.1. The minimum absolute atomic E-state index is 0.112. The number of aryl methyl sites for hydroxylation is 2. The van der Waals surface area contributed by atoms with Crippen molar-refractivity contribution in [3.8, 4) is 11.3 Å². The maximum atomic E-state index is 12.6. The number of carbonyl (C=O) groups excluding carboxylic acids is 1.